The maximum atomic E-state index is 12.8. The van der Waals surface area contributed by atoms with Crippen LogP contribution in [0, 0.1) is 17.3 Å². The fraction of sp³-hybridized carbons (Fsp3) is 0.619. The Kier molecular flexibility index (Phi) is 6.63. The van der Waals surface area contributed by atoms with E-state index in [-0.39, 0.29) is 11.8 Å². The van der Waals surface area contributed by atoms with Gasteiger partial charge in [-0.2, -0.15) is 0 Å². The highest BCUT2D eigenvalue weighted by molar-refractivity contribution is 6.04. The number of nitrogens with zero attached hydrogens (tertiary/aromatic N) is 1. The Morgan fingerprint density at radius 1 is 1.16 bits per heavy atom. The molecule has 4 heteroatoms. The van der Waals surface area contributed by atoms with Crippen LogP contribution in [0.2, 0.25) is 0 Å². The quantitative estimate of drug-likeness (QED) is 0.805. The van der Waals surface area contributed by atoms with Gasteiger partial charge in [0, 0.05) is 19.6 Å². The summed E-state index contributed by atoms with van der Waals surface area (Å²) in [5.41, 5.74) is 0.363. The highest BCUT2D eigenvalue weighted by Gasteiger charge is 2.40. The highest BCUT2D eigenvalue weighted by atomic mass is 16.2. The van der Waals surface area contributed by atoms with Crippen molar-refractivity contribution in [2.24, 2.45) is 17.3 Å². The van der Waals surface area contributed by atoms with Crippen molar-refractivity contribution in [3.05, 3.63) is 35.9 Å². The first-order valence-corrected chi connectivity index (χ1v) is 9.42. The van der Waals surface area contributed by atoms with E-state index in [2.05, 4.69) is 29.6 Å². The largest absolute Gasteiger partial charge is 0.355 e. The Balaban J connectivity index is 1.86. The zero-order chi connectivity index (χ0) is 18.4. The van der Waals surface area contributed by atoms with E-state index in [4.69, 9.17) is 0 Å². The first-order chi connectivity index (χ1) is 11.8. The fourth-order valence-electron chi connectivity index (χ4n) is 3.30. The Bertz CT molecular complexity index is 573. The van der Waals surface area contributed by atoms with Crippen molar-refractivity contribution in [3.8, 4) is 0 Å². The lowest BCUT2D eigenvalue weighted by Gasteiger charge is -2.36. The van der Waals surface area contributed by atoms with Gasteiger partial charge in [0.15, 0.2) is 0 Å². The van der Waals surface area contributed by atoms with Crippen molar-refractivity contribution in [2.75, 3.05) is 19.6 Å². The van der Waals surface area contributed by atoms with Gasteiger partial charge >= 0.3 is 0 Å². The zero-order valence-electron chi connectivity index (χ0n) is 16.0. The molecule has 0 radical (unpaired) electrons. The van der Waals surface area contributed by atoms with Crippen molar-refractivity contribution in [2.45, 2.75) is 47.0 Å². The molecule has 0 saturated carbocycles. The summed E-state index contributed by atoms with van der Waals surface area (Å²) < 4.78 is 0. The van der Waals surface area contributed by atoms with Crippen LogP contribution in [0.25, 0.3) is 0 Å². The van der Waals surface area contributed by atoms with Gasteiger partial charge in [-0.25, -0.2) is 0 Å². The Labute approximate surface area is 152 Å². The smallest absolute Gasteiger partial charge is 0.237 e. The van der Waals surface area contributed by atoms with Crippen LogP contribution in [0.15, 0.2) is 30.3 Å². The van der Waals surface area contributed by atoms with Crippen LogP contribution in [0.4, 0.5) is 0 Å². The molecule has 1 aromatic rings. The average Bonchev–Trinajstić information content (AvgIpc) is 2.60. The molecule has 0 aliphatic carbocycles. The third kappa shape index (κ3) is 5.32. The van der Waals surface area contributed by atoms with Crippen LogP contribution in [-0.2, 0) is 16.0 Å². The van der Waals surface area contributed by atoms with Crippen LogP contribution in [-0.4, -0.2) is 36.3 Å². The summed E-state index contributed by atoms with van der Waals surface area (Å²) in [6.07, 6.45) is 3.08. The van der Waals surface area contributed by atoms with Crippen LogP contribution in [0.3, 0.4) is 0 Å². The second kappa shape index (κ2) is 8.50. The number of likely N-dealkylation sites (tertiary alicyclic amines) is 1. The molecule has 0 spiro atoms. The number of piperidine rings is 1. The summed E-state index contributed by atoms with van der Waals surface area (Å²) in [5, 5.41) is 2.90. The Morgan fingerprint density at radius 2 is 1.76 bits per heavy atom. The molecule has 1 saturated heterocycles. The molecule has 2 rings (SSSR count). The fourth-order valence-corrected chi connectivity index (χ4v) is 3.30. The van der Waals surface area contributed by atoms with Crippen LogP contribution >= 0.6 is 0 Å². The summed E-state index contributed by atoms with van der Waals surface area (Å²) in [6, 6.07) is 10.5. The van der Waals surface area contributed by atoms with Gasteiger partial charge in [-0.3, -0.25) is 9.59 Å². The third-order valence-electron chi connectivity index (χ3n) is 5.04. The molecule has 1 aliphatic heterocycles. The van der Waals surface area contributed by atoms with Crippen molar-refractivity contribution < 1.29 is 9.59 Å². The topological polar surface area (TPSA) is 49.4 Å². The summed E-state index contributed by atoms with van der Waals surface area (Å²) in [7, 11) is 0. The normalized spacial score (nSPS) is 16.1. The van der Waals surface area contributed by atoms with Crippen molar-refractivity contribution in [3.63, 3.8) is 0 Å². The molecule has 0 atom stereocenters. The maximum absolute atomic E-state index is 12.8. The minimum atomic E-state index is -0.999. The van der Waals surface area contributed by atoms with Crippen molar-refractivity contribution in [1.29, 1.82) is 0 Å². The number of carbonyl (C=O) groups is 2. The van der Waals surface area contributed by atoms with E-state index in [1.54, 1.807) is 13.8 Å². The molecule has 0 aromatic heterocycles. The molecule has 1 heterocycles. The molecule has 138 valence electrons. The van der Waals surface area contributed by atoms with Gasteiger partial charge in [-0.1, -0.05) is 44.2 Å². The summed E-state index contributed by atoms with van der Waals surface area (Å²) in [4.78, 5) is 27.1. The first kappa shape index (κ1) is 19.5. The second-order valence-electron chi connectivity index (χ2n) is 8.15. The van der Waals surface area contributed by atoms with Crippen LogP contribution in [0.1, 0.15) is 46.1 Å². The predicted molar refractivity (Wildman–Crippen MR) is 101 cm³/mol. The van der Waals surface area contributed by atoms with Gasteiger partial charge in [-0.15, -0.1) is 0 Å². The van der Waals surface area contributed by atoms with Gasteiger partial charge in [-0.05, 0) is 50.5 Å². The molecule has 4 nitrogen and oxygen atoms in total. The molecule has 1 aliphatic rings. The monoisotopic (exact) mass is 344 g/mol. The van der Waals surface area contributed by atoms with Crippen LogP contribution in [0.5, 0.6) is 0 Å². The number of amides is 2. The number of benzene rings is 1. The summed E-state index contributed by atoms with van der Waals surface area (Å²) in [6.45, 7) is 9.67. The molecule has 1 N–H and O–H groups in total. The van der Waals surface area contributed by atoms with Crippen LogP contribution < -0.4 is 5.32 Å². The van der Waals surface area contributed by atoms with Gasteiger partial charge < -0.3 is 10.2 Å². The molecular weight excluding hydrogens is 312 g/mol. The number of nitrogens with one attached hydrogen (secondary N) is 1. The van der Waals surface area contributed by atoms with Gasteiger partial charge in [0.1, 0.15) is 5.41 Å². The SMILES string of the molecule is CC(C)CNC(=O)C(C)(C)C(=O)N1CCC(Cc2ccccc2)CC1. The van der Waals surface area contributed by atoms with Gasteiger partial charge in [0.2, 0.25) is 11.8 Å². The van der Waals surface area contributed by atoms with E-state index in [9.17, 15) is 9.59 Å². The predicted octanol–water partition coefficient (Wildman–Crippen LogP) is 3.27. The van der Waals surface area contributed by atoms with E-state index in [1.165, 1.54) is 5.56 Å². The maximum Gasteiger partial charge on any atom is 0.237 e. The Morgan fingerprint density at radius 3 is 2.32 bits per heavy atom. The van der Waals surface area contributed by atoms with Gasteiger partial charge in [0.25, 0.3) is 0 Å². The number of rotatable bonds is 6. The van der Waals surface area contributed by atoms with Crippen molar-refractivity contribution in [1.82, 2.24) is 10.2 Å². The highest BCUT2D eigenvalue weighted by Crippen LogP contribution is 2.26. The minimum absolute atomic E-state index is 0.0492. The molecule has 1 aromatic carbocycles. The lowest BCUT2D eigenvalue weighted by atomic mass is 9.86. The second-order valence-corrected chi connectivity index (χ2v) is 8.15. The minimum Gasteiger partial charge on any atom is -0.355 e. The average molecular weight is 344 g/mol. The van der Waals surface area contributed by atoms with Crippen molar-refractivity contribution >= 4 is 11.8 Å². The van der Waals surface area contributed by atoms with E-state index in [1.807, 2.05) is 24.8 Å². The number of hydrogen-bond acceptors (Lipinski definition) is 2. The number of hydrogen-bond donors (Lipinski definition) is 1. The molecular formula is C21H32N2O2. The molecule has 0 bridgehead atoms. The van der Waals surface area contributed by atoms with E-state index in [0.717, 1.165) is 32.4 Å². The first-order valence-electron chi connectivity index (χ1n) is 9.42. The molecule has 25 heavy (non-hydrogen) atoms. The lowest BCUT2D eigenvalue weighted by molar-refractivity contribution is -0.149. The van der Waals surface area contributed by atoms with Gasteiger partial charge in [0.05, 0.1) is 0 Å². The molecule has 0 unspecified atom stereocenters. The third-order valence-corrected chi connectivity index (χ3v) is 5.04. The standard InChI is InChI=1S/C21H32N2O2/c1-16(2)15-22-19(24)21(3,4)20(25)23-12-10-18(11-13-23)14-17-8-6-5-7-9-17/h5-9,16,18H,10-15H2,1-4H3,(H,22,24). The van der Waals surface area contributed by atoms with E-state index >= 15 is 0 Å². The number of carbonyl (C=O) groups excluding carboxylic acids is 2. The van der Waals surface area contributed by atoms with E-state index < -0.39 is 5.41 Å². The van der Waals surface area contributed by atoms with E-state index in [0.29, 0.717) is 18.4 Å². The molecule has 1 fully saturated rings. The lowest BCUT2D eigenvalue weighted by Crippen LogP contribution is -2.52. The Hall–Kier alpha value is -1.84. The summed E-state index contributed by atoms with van der Waals surface area (Å²) in [5.74, 6) is 0.775. The zero-order valence-corrected chi connectivity index (χ0v) is 16.0. The summed E-state index contributed by atoms with van der Waals surface area (Å²) >= 11 is 0. The molecule has 2 amide bonds.